The molecular weight excluding hydrogens is 365 g/mol. The molecule has 2 heterocycles. The smallest absolute Gasteiger partial charge is 0.243 e. The van der Waals surface area contributed by atoms with Gasteiger partial charge in [-0.05, 0) is 47.1 Å². The molecular formula is C15H14IN3O. The molecule has 4 rings (SSSR count). The first kappa shape index (κ1) is 12.4. The molecule has 4 nitrogen and oxygen atoms in total. The Kier molecular flexibility index (Phi) is 2.52. The zero-order chi connectivity index (χ0) is 13.9. The molecule has 0 bridgehead atoms. The van der Waals surface area contributed by atoms with Crippen molar-refractivity contribution in [1.82, 2.24) is 9.78 Å². The number of nitrogens with zero attached hydrogens (tertiary/aromatic N) is 3. The van der Waals surface area contributed by atoms with Crippen molar-refractivity contribution in [3.8, 4) is 0 Å². The number of amides is 1. The molecule has 20 heavy (non-hydrogen) atoms. The van der Waals surface area contributed by atoms with Crippen molar-refractivity contribution < 1.29 is 4.79 Å². The van der Waals surface area contributed by atoms with Crippen LogP contribution in [0.1, 0.15) is 24.8 Å². The number of benzene rings is 1. The molecule has 1 amide bonds. The molecule has 2 aliphatic rings. The standard InChI is InChI=1S/C15H14IN3O/c1-18-13(11(16)9-17-18)19-12-6-3-2-5-10(12)15(14(19)20)7-4-8-15/h2-3,5-6,9H,4,7-8H2,1H3. The largest absolute Gasteiger partial charge is 0.273 e. The van der Waals surface area contributed by atoms with Gasteiger partial charge in [0.2, 0.25) is 5.91 Å². The van der Waals surface area contributed by atoms with E-state index in [2.05, 4.69) is 33.8 Å². The lowest BCUT2D eigenvalue weighted by atomic mass is 9.65. The lowest BCUT2D eigenvalue weighted by Crippen LogP contribution is -2.44. The summed E-state index contributed by atoms with van der Waals surface area (Å²) >= 11 is 2.24. The lowest BCUT2D eigenvalue weighted by Gasteiger charge is -2.36. The second-order valence-electron chi connectivity index (χ2n) is 5.53. The zero-order valence-electron chi connectivity index (χ0n) is 11.1. The summed E-state index contributed by atoms with van der Waals surface area (Å²) in [6.45, 7) is 0. The molecule has 1 aliphatic carbocycles. The Balaban J connectivity index is 1.96. The van der Waals surface area contributed by atoms with Gasteiger partial charge < -0.3 is 0 Å². The molecule has 0 unspecified atom stereocenters. The molecule has 1 aromatic heterocycles. The van der Waals surface area contributed by atoms with Crippen LogP contribution in [-0.2, 0) is 17.3 Å². The van der Waals surface area contributed by atoms with Crippen LogP contribution in [0.15, 0.2) is 30.5 Å². The average molecular weight is 379 g/mol. The summed E-state index contributed by atoms with van der Waals surface area (Å²) in [5.41, 5.74) is 1.94. The van der Waals surface area contributed by atoms with E-state index in [9.17, 15) is 4.79 Å². The first-order valence-corrected chi connectivity index (χ1v) is 7.84. The fraction of sp³-hybridized carbons (Fsp3) is 0.333. The van der Waals surface area contributed by atoms with Gasteiger partial charge in [0.15, 0.2) is 5.82 Å². The maximum Gasteiger partial charge on any atom is 0.243 e. The van der Waals surface area contributed by atoms with Crippen LogP contribution in [-0.4, -0.2) is 15.7 Å². The molecule has 0 atom stereocenters. The molecule has 1 fully saturated rings. The van der Waals surface area contributed by atoms with E-state index >= 15 is 0 Å². The third-order valence-electron chi connectivity index (χ3n) is 4.56. The SMILES string of the molecule is Cn1ncc(I)c1N1C(=O)C2(CCC2)c2ccccc21. The van der Waals surface area contributed by atoms with Gasteiger partial charge in [-0.1, -0.05) is 24.6 Å². The molecule has 5 heteroatoms. The summed E-state index contributed by atoms with van der Waals surface area (Å²) in [5, 5.41) is 4.27. The van der Waals surface area contributed by atoms with Crippen molar-refractivity contribution in [3.63, 3.8) is 0 Å². The van der Waals surface area contributed by atoms with Crippen LogP contribution < -0.4 is 4.90 Å². The Morgan fingerprint density at radius 1 is 1.30 bits per heavy atom. The Morgan fingerprint density at radius 2 is 2.05 bits per heavy atom. The molecule has 1 saturated carbocycles. The zero-order valence-corrected chi connectivity index (χ0v) is 13.3. The van der Waals surface area contributed by atoms with Crippen molar-refractivity contribution >= 4 is 40.0 Å². The van der Waals surface area contributed by atoms with E-state index in [1.54, 1.807) is 10.9 Å². The van der Waals surface area contributed by atoms with Crippen molar-refractivity contribution in [2.75, 3.05) is 4.90 Å². The number of rotatable bonds is 1. The second-order valence-corrected chi connectivity index (χ2v) is 6.70. The maximum atomic E-state index is 13.1. The molecule has 0 radical (unpaired) electrons. The molecule has 102 valence electrons. The van der Waals surface area contributed by atoms with Crippen molar-refractivity contribution in [3.05, 3.63) is 39.6 Å². The average Bonchev–Trinajstić information content (AvgIpc) is 2.84. The fourth-order valence-corrected chi connectivity index (χ4v) is 4.11. The summed E-state index contributed by atoms with van der Waals surface area (Å²) < 4.78 is 2.79. The second kappa shape index (κ2) is 4.07. The molecule has 1 aliphatic heterocycles. The van der Waals surface area contributed by atoms with E-state index in [4.69, 9.17) is 0 Å². The lowest BCUT2D eigenvalue weighted by molar-refractivity contribution is -0.125. The number of hydrogen-bond acceptors (Lipinski definition) is 2. The van der Waals surface area contributed by atoms with E-state index in [1.807, 2.05) is 30.1 Å². The van der Waals surface area contributed by atoms with Gasteiger partial charge in [-0.2, -0.15) is 5.10 Å². The van der Waals surface area contributed by atoms with Crippen molar-refractivity contribution in [2.24, 2.45) is 7.05 Å². The number of aryl methyl sites for hydroxylation is 1. The van der Waals surface area contributed by atoms with E-state index in [0.717, 1.165) is 34.3 Å². The van der Waals surface area contributed by atoms with Crippen LogP contribution in [0.2, 0.25) is 0 Å². The minimum absolute atomic E-state index is 0.214. The van der Waals surface area contributed by atoms with Crippen LogP contribution in [0, 0.1) is 3.57 Å². The summed E-state index contributed by atoms with van der Waals surface area (Å²) in [6.07, 6.45) is 4.87. The van der Waals surface area contributed by atoms with E-state index in [0.29, 0.717) is 0 Å². The maximum absolute atomic E-state index is 13.1. The van der Waals surface area contributed by atoms with E-state index in [-0.39, 0.29) is 11.3 Å². The van der Waals surface area contributed by atoms with Gasteiger partial charge in [-0.3, -0.25) is 14.4 Å². The third kappa shape index (κ3) is 1.36. The molecule has 2 aromatic rings. The number of aromatic nitrogens is 2. The van der Waals surface area contributed by atoms with E-state index < -0.39 is 0 Å². The van der Waals surface area contributed by atoms with Gasteiger partial charge in [-0.25, -0.2) is 0 Å². The Hall–Kier alpha value is -1.37. The number of hydrogen-bond donors (Lipinski definition) is 0. The van der Waals surface area contributed by atoms with Crippen molar-refractivity contribution in [2.45, 2.75) is 24.7 Å². The number of fused-ring (bicyclic) bond motifs is 2. The topological polar surface area (TPSA) is 38.1 Å². The highest BCUT2D eigenvalue weighted by molar-refractivity contribution is 14.1. The fourth-order valence-electron chi connectivity index (χ4n) is 3.39. The van der Waals surface area contributed by atoms with Crippen LogP contribution in [0.3, 0.4) is 0 Å². The summed E-state index contributed by atoms with van der Waals surface area (Å²) in [5.74, 6) is 1.10. The van der Waals surface area contributed by atoms with Crippen LogP contribution in [0.5, 0.6) is 0 Å². The van der Waals surface area contributed by atoms with Gasteiger partial charge in [0.1, 0.15) is 0 Å². The summed E-state index contributed by atoms with van der Waals surface area (Å²) in [7, 11) is 1.89. The monoisotopic (exact) mass is 379 g/mol. The first-order valence-electron chi connectivity index (χ1n) is 6.77. The molecule has 1 aromatic carbocycles. The van der Waals surface area contributed by atoms with Gasteiger partial charge in [0.25, 0.3) is 0 Å². The number of halogens is 1. The minimum atomic E-state index is -0.274. The number of anilines is 2. The molecule has 0 saturated heterocycles. The number of carbonyl (C=O) groups excluding carboxylic acids is 1. The molecule has 1 spiro atoms. The Bertz CT molecular complexity index is 698. The number of para-hydroxylation sites is 1. The number of carbonyl (C=O) groups is 1. The highest BCUT2D eigenvalue weighted by Crippen LogP contribution is 2.55. The third-order valence-corrected chi connectivity index (χ3v) is 5.32. The quantitative estimate of drug-likeness (QED) is 0.715. The van der Waals surface area contributed by atoms with Gasteiger partial charge in [0.05, 0.1) is 20.9 Å². The molecule has 0 N–H and O–H groups in total. The highest BCUT2D eigenvalue weighted by atomic mass is 127. The minimum Gasteiger partial charge on any atom is -0.273 e. The summed E-state index contributed by atoms with van der Waals surface area (Å²) in [6, 6.07) is 8.18. The predicted octanol–water partition coefficient (Wildman–Crippen LogP) is 3.12. The van der Waals surface area contributed by atoms with Crippen molar-refractivity contribution in [1.29, 1.82) is 0 Å². The summed E-state index contributed by atoms with van der Waals surface area (Å²) in [4.78, 5) is 14.9. The van der Waals surface area contributed by atoms with E-state index in [1.165, 1.54) is 5.56 Å². The normalized spacial score (nSPS) is 19.3. The highest BCUT2D eigenvalue weighted by Gasteiger charge is 2.55. The van der Waals surface area contributed by atoms with Crippen LogP contribution in [0.25, 0.3) is 0 Å². The van der Waals surface area contributed by atoms with Gasteiger partial charge in [0, 0.05) is 7.05 Å². The first-order chi connectivity index (χ1) is 9.65. The van der Waals surface area contributed by atoms with Gasteiger partial charge in [-0.15, -0.1) is 0 Å². The van der Waals surface area contributed by atoms with Crippen LogP contribution >= 0.6 is 22.6 Å². The van der Waals surface area contributed by atoms with Crippen LogP contribution in [0.4, 0.5) is 11.5 Å². The predicted molar refractivity (Wildman–Crippen MR) is 85.0 cm³/mol. The van der Waals surface area contributed by atoms with Gasteiger partial charge >= 0.3 is 0 Å². The Labute approximate surface area is 130 Å². The Morgan fingerprint density at radius 3 is 2.65 bits per heavy atom.